The highest BCUT2D eigenvalue weighted by Gasteiger charge is 2.21. The van der Waals surface area contributed by atoms with E-state index in [0.717, 1.165) is 34.4 Å². The molecule has 1 amide bonds. The number of benzene rings is 2. The van der Waals surface area contributed by atoms with Crippen LogP contribution in [0.25, 0.3) is 11.1 Å². The van der Waals surface area contributed by atoms with Gasteiger partial charge in [-0.2, -0.15) is 0 Å². The van der Waals surface area contributed by atoms with Crippen LogP contribution in [0.1, 0.15) is 57.1 Å². The van der Waals surface area contributed by atoms with E-state index >= 15 is 0 Å². The molecule has 9 heteroatoms. The number of nitrogens with two attached hydrogens (primary N) is 2. The molecule has 3 rings (SSSR count). The minimum atomic E-state index is -1.04. The van der Waals surface area contributed by atoms with E-state index in [1.165, 1.54) is 24.3 Å². The lowest BCUT2D eigenvalue weighted by molar-refractivity contribution is 0.0696. The van der Waals surface area contributed by atoms with Gasteiger partial charge in [0.15, 0.2) is 0 Å². The zero-order valence-corrected chi connectivity index (χ0v) is 21.6. The van der Waals surface area contributed by atoms with E-state index in [-0.39, 0.29) is 42.8 Å². The van der Waals surface area contributed by atoms with Crippen molar-refractivity contribution < 1.29 is 14.7 Å². The molecule has 1 aromatic heterocycles. The largest absolute Gasteiger partial charge is 0.478 e. The lowest BCUT2D eigenvalue weighted by Crippen LogP contribution is -2.18. The fraction of sp³-hybridized carbons (Fsp3) is 0.269. The zero-order valence-electron chi connectivity index (χ0n) is 20.0. The second kappa shape index (κ2) is 13.2. The van der Waals surface area contributed by atoms with Crippen LogP contribution in [0, 0.1) is 12.8 Å². The topological polar surface area (TPSA) is 131 Å². The number of aromatic nitrogens is 1. The van der Waals surface area contributed by atoms with Crippen molar-refractivity contribution in [2.45, 2.75) is 40.3 Å². The van der Waals surface area contributed by atoms with Gasteiger partial charge < -0.3 is 21.9 Å². The first-order valence-electron chi connectivity index (χ1n) is 10.9. The summed E-state index contributed by atoms with van der Waals surface area (Å²) in [4.78, 5) is 29.0. The monoisotopic (exact) mass is 518 g/mol. The van der Waals surface area contributed by atoms with Crippen LogP contribution in [0.5, 0.6) is 0 Å². The number of anilines is 1. The van der Waals surface area contributed by atoms with Gasteiger partial charge in [-0.3, -0.25) is 9.78 Å². The summed E-state index contributed by atoms with van der Waals surface area (Å²) < 4.78 is 0. The molecule has 1 heterocycles. The van der Waals surface area contributed by atoms with Crippen LogP contribution in [0.3, 0.4) is 0 Å². The van der Waals surface area contributed by atoms with Crippen LogP contribution in [-0.4, -0.2) is 22.0 Å². The minimum Gasteiger partial charge on any atom is -0.478 e. The van der Waals surface area contributed by atoms with Crippen LogP contribution in [0.2, 0.25) is 0 Å². The third kappa shape index (κ3) is 7.02. The minimum absolute atomic E-state index is 0. The third-order valence-electron chi connectivity index (χ3n) is 5.48. The number of aromatic carboxylic acids is 1. The molecule has 0 aliphatic carbocycles. The molecule has 0 saturated carbocycles. The first-order chi connectivity index (χ1) is 15.7. The normalized spacial score (nSPS) is 10.3. The van der Waals surface area contributed by atoms with Gasteiger partial charge in [0.1, 0.15) is 0 Å². The van der Waals surface area contributed by atoms with Crippen LogP contribution in [0.4, 0.5) is 5.69 Å². The molecule has 7 nitrogen and oxygen atoms in total. The van der Waals surface area contributed by atoms with Crippen molar-refractivity contribution in [3.8, 4) is 11.1 Å². The molecule has 2 aromatic carbocycles. The van der Waals surface area contributed by atoms with Gasteiger partial charge in [0.25, 0.3) is 5.91 Å². The summed E-state index contributed by atoms with van der Waals surface area (Å²) in [6.07, 6.45) is 0.770. The SMILES string of the molecule is Cc1nc(CC(C)C)c(CN)c(-c2ccc(CN)cc2)c1NC(=O)c1ccc(C(=O)O)cc1.Cl.Cl. The van der Waals surface area contributed by atoms with Gasteiger partial charge in [-0.05, 0) is 60.2 Å². The molecule has 0 spiro atoms. The Hall–Kier alpha value is -2.97. The summed E-state index contributed by atoms with van der Waals surface area (Å²) >= 11 is 0. The number of rotatable bonds is 8. The summed E-state index contributed by atoms with van der Waals surface area (Å²) in [7, 11) is 0. The average molecular weight is 519 g/mol. The lowest BCUT2D eigenvalue weighted by Gasteiger charge is -2.21. The molecule has 0 saturated heterocycles. The molecule has 0 bridgehead atoms. The van der Waals surface area contributed by atoms with Gasteiger partial charge >= 0.3 is 5.97 Å². The lowest BCUT2D eigenvalue weighted by atomic mass is 9.92. The Balaban J connectivity index is 0.00000306. The summed E-state index contributed by atoms with van der Waals surface area (Å²) in [5, 5.41) is 12.1. The second-order valence-corrected chi connectivity index (χ2v) is 8.41. The molecular weight excluding hydrogens is 487 g/mol. The Morgan fingerprint density at radius 3 is 2.00 bits per heavy atom. The molecule has 188 valence electrons. The number of carbonyl (C=O) groups excluding carboxylic acids is 1. The van der Waals surface area contributed by atoms with Crippen molar-refractivity contribution in [2.75, 3.05) is 5.32 Å². The number of nitrogens with one attached hydrogen (secondary N) is 1. The fourth-order valence-corrected chi connectivity index (χ4v) is 3.81. The van der Waals surface area contributed by atoms with E-state index in [9.17, 15) is 9.59 Å². The van der Waals surface area contributed by atoms with E-state index in [0.29, 0.717) is 29.4 Å². The molecule has 0 unspecified atom stereocenters. The van der Waals surface area contributed by atoms with E-state index in [1.54, 1.807) is 0 Å². The van der Waals surface area contributed by atoms with Gasteiger partial charge in [-0.15, -0.1) is 24.8 Å². The number of hydrogen-bond donors (Lipinski definition) is 4. The van der Waals surface area contributed by atoms with E-state index < -0.39 is 5.97 Å². The quantitative estimate of drug-likeness (QED) is 0.333. The Morgan fingerprint density at radius 2 is 1.51 bits per heavy atom. The van der Waals surface area contributed by atoms with Crippen molar-refractivity contribution >= 4 is 42.4 Å². The van der Waals surface area contributed by atoms with Crippen molar-refractivity contribution in [3.63, 3.8) is 0 Å². The summed E-state index contributed by atoms with van der Waals surface area (Å²) in [6.45, 7) is 6.84. The number of nitrogens with zero attached hydrogens (tertiary/aromatic N) is 1. The first-order valence-corrected chi connectivity index (χ1v) is 10.9. The van der Waals surface area contributed by atoms with E-state index in [2.05, 4.69) is 19.2 Å². The first kappa shape index (κ1) is 30.1. The van der Waals surface area contributed by atoms with Crippen molar-refractivity contribution in [2.24, 2.45) is 17.4 Å². The molecule has 6 N–H and O–H groups in total. The average Bonchev–Trinajstić information content (AvgIpc) is 2.80. The van der Waals surface area contributed by atoms with Crippen LogP contribution in [-0.2, 0) is 19.5 Å². The Morgan fingerprint density at radius 1 is 0.943 bits per heavy atom. The number of carboxylic acids is 1. The van der Waals surface area contributed by atoms with Crippen molar-refractivity contribution in [3.05, 3.63) is 82.2 Å². The Labute approximate surface area is 218 Å². The van der Waals surface area contributed by atoms with E-state index in [1.807, 2.05) is 31.2 Å². The maximum absolute atomic E-state index is 13.1. The molecule has 0 radical (unpaired) electrons. The second-order valence-electron chi connectivity index (χ2n) is 8.41. The summed E-state index contributed by atoms with van der Waals surface area (Å²) in [6, 6.07) is 13.7. The molecule has 3 aromatic rings. The van der Waals surface area contributed by atoms with Crippen LogP contribution < -0.4 is 16.8 Å². The number of pyridine rings is 1. The van der Waals surface area contributed by atoms with Crippen molar-refractivity contribution in [1.29, 1.82) is 0 Å². The number of hydrogen-bond acceptors (Lipinski definition) is 5. The van der Waals surface area contributed by atoms with Gasteiger partial charge in [0, 0.05) is 29.9 Å². The molecule has 0 fully saturated rings. The predicted molar refractivity (Wildman–Crippen MR) is 145 cm³/mol. The number of aryl methyl sites for hydroxylation is 1. The summed E-state index contributed by atoms with van der Waals surface area (Å²) in [5.74, 6) is -1.00. The molecule has 35 heavy (non-hydrogen) atoms. The number of amides is 1. The maximum Gasteiger partial charge on any atom is 0.335 e. The smallest absolute Gasteiger partial charge is 0.335 e. The molecule has 0 atom stereocenters. The van der Waals surface area contributed by atoms with Crippen LogP contribution in [0.15, 0.2) is 48.5 Å². The number of carbonyl (C=O) groups is 2. The number of halogens is 2. The van der Waals surface area contributed by atoms with Crippen LogP contribution >= 0.6 is 24.8 Å². The third-order valence-corrected chi connectivity index (χ3v) is 5.48. The fourth-order valence-electron chi connectivity index (χ4n) is 3.81. The highest BCUT2D eigenvalue weighted by atomic mass is 35.5. The van der Waals surface area contributed by atoms with E-state index in [4.69, 9.17) is 21.6 Å². The van der Waals surface area contributed by atoms with Gasteiger partial charge in [0.2, 0.25) is 0 Å². The van der Waals surface area contributed by atoms with Gasteiger partial charge in [-0.25, -0.2) is 4.79 Å². The van der Waals surface area contributed by atoms with Gasteiger partial charge in [-0.1, -0.05) is 38.1 Å². The molecule has 0 aliphatic heterocycles. The van der Waals surface area contributed by atoms with Crippen molar-refractivity contribution in [1.82, 2.24) is 4.98 Å². The zero-order chi connectivity index (χ0) is 24.1. The Bertz CT molecular complexity index is 1160. The highest BCUT2D eigenvalue weighted by Crippen LogP contribution is 2.36. The number of carboxylic acid groups (broad SMARTS) is 1. The van der Waals surface area contributed by atoms with Gasteiger partial charge in [0.05, 0.1) is 16.9 Å². The summed E-state index contributed by atoms with van der Waals surface area (Å²) in [5.41, 5.74) is 18.3. The molecule has 0 aliphatic rings. The Kier molecular flexibility index (Phi) is 11.3. The standard InChI is InChI=1S/C26H30N4O3.2ClH/c1-15(2)12-22-21(14-28)23(18-6-4-17(13-27)5-7-18)24(16(3)29-22)30-25(31)19-8-10-20(11-9-19)26(32)33;;/h4-11,15H,12-14,27-28H2,1-3H3,(H,30,31)(H,32,33);2*1H. The molecular formula is C26H32Cl2N4O3. The predicted octanol–water partition coefficient (Wildman–Crippen LogP) is 4.97. The maximum atomic E-state index is 13.1. The highest BCUT2D eigenvalue weighted by molar-refractivity contribution is 6.07.